The van der Waals surface area contributed by atoms with Gasteiger partial charge in [0.05, 0.1) is 18.8 Å². The smallest absolute Gasteiger partial charge is 0.387 e. The van der Waals surface area contributed by atoms with Crippen molar-refractivity contribution in [3.8, 4) is 11.6 Å². The van der Waals surface area contributed by atoms with E-state index in [1.165, 1.54) is 34.0 Å². The highest BCUT2D eigenvalue weighted by Gasteiger charge is 2.34. The second kappa shape index (κ2) is 8.58. The summed E-state index contributed by atoms with van der Waals surface area (Å²) in [7, 11) is 1.73. The summed E-state index contributed by atoms with van der Waals surface area (Å²) in [6.45, 7) is -0.396. The van der Waals surface area contributed by atoms with E-state index < -0.39 is 6.61 Å². The predicted octanol–water partition coefficient (Wildman–Crippen LogP) is 4.64. The number of hydrogen-bond acceptors (Lipinski definition) is 6. The van der Waals surface area contributed by atoms with Gasteiger partial charge in [-0.2, -0.15) is 28.8 Å². The molecule has 3 heterocycles. The monoisotopic (exact) mass is 466 g/mol. The highest BCUT2D eigenvalue weighted by Crippen LogP contribution is 2.38. The molecule has 2 amide bonds. The van der Waals surface area contributed by atoms with Crippen molar-refractivity contribution >= 4 is 34.3 Å². The van der Waals surface area contributed by atoms with E-state index in [-0.39, 0.29) is 18.3 Å². The normalized spacial score (nSPS) is 13.5. The molecule has 1 aliphatic rings. The molecule has 1 aliphatic heterocycles. The number of urea groups is 1. The van der Waals surface area contributed by atoms with Crippen LogP contribution in [0.15, 0.2) is 54.6 Å². The molecule has 2 aromatic heterocycles. The van der Waals surface area contributed by atoms with Crippen molar-refractivity contribution < 1.29 is 23.0 Å². The van der Waals surface area contributed by atoms with Gasteiger partial charge in [0.1, 0.15) is 22.6 Å². The standard InChI is InChI=1S/C23H20F2N6O3/c1-3-33-20-11-4-14-13-30(16-7-10-18-19(12-16)28-29(2)27-18)23(32)31(21(14)26-20)15-5-8-17(9-6-15)34-22(24)25/h4-12,22H,3,13H2,1-2H3. The maximum atomic E-state index is 13.7. The number of hydrogen-bond donors (Lipinski definition) is 0. The number of fused-ring (bicyclic) bond motifs is 2. The Bertz CT molecular complexity index is 1360. The molecule has 0 saturated carbocycles. The minimum absolute atomic E-state index is 0.00980. The molecule has 5 rings (SSSR count). The Morgan fingerprint density at radius 2 is 1.74 bits per heavy atom. The first-order valence-electron chi connectivity index (χ1n) is 10.5. The molecule has 0 unspecified atom stereocenters. The Balaban J connectivity index is 1.58. The fourth-order valence-electron chi connectivity index (χ4n) is 3.84. The minimum Gasteiger partial charge on any atom is -0.478 e. The fourth-order valence-corrected chi connectivity index (χ4v) is 3.84. The Labute approximate surface area is 193 Å². The van der Waals surface area contributed by atoms with Crippen molar-refractivity contribution in [3.63, 3.8) is 0 Å². The lowest BCUT2D eigenvalue weighted by atomic mass is 10.1. The van der Waals surface area contributed by atoms with Gasteiger partial charge in [0, 0.05) is 24.4 Å². The van der Waals surface area contributed by atoms with Crippen LogP contribution in [0.1, 0.15) is 12.5 Å². The van der Waals surface area contributed by atoms with E-state index in [9.17, 15) is 13.6 Å². The second-order valence-electron chi connectivity index (χ2n) is 7.50. The lowest BCUT2D eigenvalue weighted by molar-refractivity contribution is -0.0498. The van der Waals surface area contributed by atoms with Gasteiger partial charge >= 0.3 is 12.6 Å². The minimum atomic E-state index is -2.94. The van der Waals surface area contributed by atoms with E-state index in [0.717, 1.165) is 5.56 Å². The number of nitrogens with zero attached hydrogens (tertiary/aromatic N) is 6. The van der Waals surface area contributed by atoms with Crippen LogP contribution >= 0.6 is 0 Å². The number of halogens is 2. The molecule has 34 heavy (non-hydrogen) atoms. The molecule has 9 nitrogen and oxygen atoms in total. The Hall–Kier alpha value is -4.28. The molecule has 174 valence electrons. The average molecular weight is 466 g/mol. The fraction of sp³-hybridized carbons (Fsp3) is 0.217. The topological polar surface area (TPSA) is 85.6 Å². The lowest BCUT2D eigenvalue weighted by Gasteiger charge is -2.36. The summed E-state index contributed by atoms with van der Waals surface area (Å²) in [5, 5.41) is 8.61. The predicted molar refractivity (Wildman–Crippen MR) is 121 cm³/mol. The van der Waals surface area contributed by atoms with Crippen molar-refractivity contribution in [2.45, 2.75) is 20.1 Å². The number of ether oxygens (including phenoxy) is 2. The van der Waals surface area contributed by atoms with Crippen LogP contribution in [0.3, 0.4) is 0 Å². The summed E-state index contributed by atoms with van der Waals surface area (Å²) in [5.74, 6) is 0.783. The number of alkyl halides is 2. The molecule has 0 saturated heterocycles. The largest absolute Gasteiger partial charge is 0.478 e. The number of amides is 2. The number of rotatable bonds is 6. The molecule has 0 atom stereocenters. The molecule has 2 aromatic carbocycles. The number of carbonyl (C=O) groups is 1. The van der Waals surface area contributed by atoms with E-state index in [2.05, 4.69) is 19.9 Å². The summed E-state index contributed by atoms with van der Waals surface area (Å²) in [5.41, 5.74) is 3.24. The molecule has 0 radical (unpaired) electrons. The number of carbonyl (C=O) groups excluding carboxylic acids is 1. The molecular weight excluding hydrogens is 446 g/mol. The zero-order chi connectivity index (χ0) is 23.8. The van der Waals surface area contributed by atoms with Crippen LogP contribution < -0.4 is 19.3 Å². The van der Waals surface area contributed by atoms with E-state index >= 15 is 0 Å². The van der Waals surface area contributed by atoms with E-state index in [4.69, 9.17) is 4.74 Å². The Morgan fingerprint density at radius 3 is 2.47 bits per heavy atom. The number of pyridine rings is 1. The van der Waals surface area contributed by atoms with Gasteiger partial charge in [-0.15, -0.1) is 0 Å². The van der Waals surface area contributed by atoms with E-state index in [1.54, 1.807) is 36.2 Å². The van der Waals surface area contributed by atoms with Crippen LogP contribution in [0, 0.1) is 0 Å². The maximum Gasteiger partial charge on any atom is 0.387 e. The van der Waals surface area contributed by atoms with Crippen molar-refractivity contribution in [2.24, 2.45) is 7.05 Å². The van der Waals surface area contributed by atoms with E-state index in [0.29, 0.717) is 40.7 Å². The van der Waals surface area contributed by atoms with E-state index in [1.807, 2.05) is 13.0 Å². The summed E-state index contributed by atoms with van der Waals surface area (Å²) in [6.07, 6.45) is 0. The Kier molecular flexibility index (Phi) is 5.44. The zero-order valence-corrected chi connectivity index (χ0v) is 18.4. The highest BCUT2D eigenvalue weighted by molar-refractivity contribution is 6.10. The number of anilines is 3. The maximum absolute atomic E-state index is 13.7. The third-order valence-electron chi connectivity index (χ3n) is 5.28. The van der Waals surface area contributed by atoms with Gasteiger partial charge in [0.15, 0.2) is 0 Å². The second-order valence-corrected chi connectivity index (χ2v) is 7.50. The molecule has 4 aromatic rings. The third-order valence-corrected chi connectivity index (χ3v) is 5.28. The molecular formula is C23H20F2N6O3. The van der Waals surface area contributed by atoms with Crippen molar-refractivity contribution in [3.05, 3.63) is 60.2 Å². The molecule has 0 fully saturated rings. The number of aryl methyl sites for hydroxylation is 1. The highest BCUT2D eigenvalue weighted by atomic mass is 19.3. The van der Waals surface area contributed by atoms with Gasteiger partial charge < -0.3 is 9.47 Å². The van der Waals surface area contributed by atoms with Gasteiger partial charge in [-0.3, -0.25) is 4.90 Å². The van der Waals surface area contributed by atoms with Crippen LogP contribution in [-0.2, 0) is 13.6 Å². The molecule has 0 N–H and O–H groups in total. The van der Waals surface area contributed by atoms with Crippen molar-refractivity contribution in [1.29, 1.82) is 0 Å². The van der Waals surface area contributed by atoms with Crippen LogP contribution in [0.25, 0.3) is 11.0 Å². The quantitative estimate of drug-likeness (QED) is 0.412. The van der Waals surface area contributed by atoms with Gasteiger partial charge in [0.2, 0.25) is 5.88 Å². The van der Waals surface area contributed by atoms with Gasteiger partial charge in [-0.05, 0) is 55.5 Å². The van der Waals surface area contributed by atoms with Gasteiger partial charge in [-0.1, -0.05) is 0 Å². The molecule has 0 spiro atoms. The SMILES string of the molecule is CCOc1ccc2c(n1)N(c1ccc(OC(F)F)cc1)C(=O)N(c1ccc3nn(C)nc3c1)C2. The zero-order valence-electron chi connectivity index (χ0n) is 18.4. The van der Waals surface area contributed by atoms with Crippen molar-refractivity contribution in [1.82, 2.24) is 20.0 Å². The molecule has 0 bridgehead atoms. The molecule has 11 heteroatoms. The average Bonchev–Trinajstić information content (AvgIpc) is 3.18. The summed E-state index contributed by atoms with van der Waals surface area (Å²) in [6, 6.07) is 14.5. The number of aromatic nitrogens is 4. The Morgan fingerprint density at radius 1 is 1.00 bits per heavy atom. The summed E-state index contributed by atoms with van der Waals surface area (Å²) in [4.78, 5) is 22.8. The first-order valence-corrected chi connectivity index (χ1v) is 10.5. The summed E-state index contributed by atoms with van der Waals surface area (Å²) < 4.78 is 35.1. The van der Waals surface area contributed by atoms with Crippen LogP contribution in [-0.4, -0.2) is 39.2 Å². The van der Waals surface area contributed by atoms with Crippen LogP contribution in [0.5, 0.6) is 11.6 Å². The molecule has 0 aliphatic carbocycles. The third kappa shape index (κ3) is 3.96. The van der Waals surface area contributed by atoms with Crippen LogP contribution in [0.4, 0.5) is 30.8 Å². The van der Waals surface area contributed by atoms with Gasteiger partial charge in [-0.25, -0.2) is 9.69 Å². The lowest BCUT2D eigenvalue weighted by Crippen LogP contribution is -2.45. The first-order chi connectivity index (χ1) is 16.4. The van der Waals surface area contributed by atoms with Gasteiger partial charge in [0.25, 0.3) is 0 Å². The van der Waals surface area contributed by atoms with Crippen molar-refractivity contribution in [2.75, 3.05) is 16.4 Å². The number of benzene rings is 2. The summed E-state index contributed by atoms with van der Waals surface area (Å²) >= 11 is 0. The van der Waals surface area contributed by atoms with Crippen LogP contribution in [0.2, 0.25) is 0 Å². The first kappa shape index (κ1) is 21.6.